The Morgan fingerprint density at radius 2 is 1.73 bits per heavy atom. The SMILES string of the molecule is Cc1nc(C2=COCN2)ncc1-c1cc2cnc(Nc3ccc(NC4CCN(C)CC4)cc3)nc2n(Cc2ccccc2C(F)(F)F)c1=O. The van der Waals surface area contributed by atoms with Gasteiger partial charge in [-0.25, -0.2) is 15.0 Å². The van der Waals surface area contributed by atoms with E-state index in [0.717, 1.165) is 37.7 Å². The number of benzene rings is 2. The van der Waals surface area contributed by atoms with Crippen LogP contribution in [-0.2, 0) is 17.5 Å². The lowest BCUT2D eigenvalue weighted by Gasteiger charge is -2.30. The molecule has 0 atom stereocenters. The standard InChI is InChI=1S/C35H34F3N9O2/c1-21-28(17-39-31(42-21)30-19-49-20-41-30)27-15-23-16-40-34(44-25-9-7-24(8-10-25)43-26-11-13-46(2)14-12-26)45-32(23)47(33(27)48)18-22-5-3-4-6-29(22)35(36,37)38/h3-10,15-17,19,26,41,43H,11-14,18,20H2,1-2H3,(H,40,44,45). The second-order valence-electron chi connectivity index (χ2n) is 12.2. The minimum Gasteiger partial charge on any atom is -0.479 e. The molecule has 49 heavy (non-hydrogen) atoms. The lowest BCUT2D eigenvalue weighted by molar-refractivity contribution is -0.138. The van der Waals surface area contributed by atoms with Gasteiger partial charge < -0.3 is 25.6 Å². The average molecular weight is 670 g/mol. The number of hydrogen-bond acceptors (Lipinski definition) is 10. The zero-order chi connectivity index (χ0) is 34.1. The van der Waals surface area contributed by atoms with E-state index >= 15 is 0 Å². The van der Waals surface area contributed by atoms with Crippen molar-refractivity contribution < 1.29 is 17.9 Å². The molecule has 1 fully saturated rings. The van der Waals surface area contributed by atoms with E-state index in [9.17, 15) is 18.0 Å². The van der Waals surface area contributed by atoms with Gasteiger partial charge in [-0.15, -0.1) is 0 Å². The summed E-state index contributed by atoms with van der Waals surface area (Å²) in [5, 5.41) is 10.2. The first kappa shape index (κ1) is 32.1. The summed E-state index contributed by atoms with van der Waals surface area (Å²) < 4.78 is 48.6. The molecule has 14 heteroatoms. The summed E-state index contributed by atoms with van der Waals surface area (Å²) in [5.41, 5.74) is 2.21. The highest BCUT2D eigenvalue weighted by atomic mass is 19.4. The Labute approximate surface area is 279 Å². The Hall–Kier alpha value is -5.50. The smallest absolute Gasteiger partial charge is 0.416 e. The van der Waals surface area contributed by atoms with Crippen LogP contribution in [0.5, 0.6) is 0 Å². The summed E-state index contributed by atoms with van der Waals surface area (Å²) >= 11 is 0. The number of pyridine rings is 1. The number of halogens is 3. The zero-order valence-electron chi connectivity index (χ0n) is 26.9. The number of piperidine rings is 1. The van der Waals surface area contributed by atoms with Gasteiger partial charge in [-0.05, 0) is 81.9 Å². The number of alkyl halides is 3. The number of anilines is 3. The molecule has 0 spiro atoms. The quantitative estimate of drug-likeness (QED) is 0.188. The molecule has 2 aromatic carbocycles. The predicted molar refractivity (Wildman–Crippen MR) is 181 cm³/mol. The first-order valence-corrected chi connectivity index (χ1v) is 15.9. The van der Waals surface area contributed by atoms with Crippen LogP contribution in [0.3, 0.4) is 0 Å². The second-order valence-corrected chi connectivity index (χ2v) is 12.2. The van der Waals surface area contributed by atoms with Crippen molar-refractivity contribution in [2.24, 2.45) is 0 Å². The van der Waals surface area contributed by atoms with Crippen LogP contribution in [-0.4, -0.2) is 62.3 Å². The molecule has 252 valence electrons. The van der Waals surface area contributed by atoms with Crippen LogP contribution in [0.25, 0.3) is 27.9 Å². The highest BCUT2D eigenvalue weighted by Crippen LogP contribution is 2.33. The van der Waals surface area contributed by atoms with Gasteiger partial charge in [0.1, 0.15) is 17.6 Å². The van der Waals surface area contributed by atoms with Gasteiger partial charge in [0.05, 0.1) is 17.7 Å². The van der Waals surface area contributed by atoms with Crippen LogP contribution in [0.4, 0.5) is 30.5 Å². The van der Waals surface area contributed by atoms with E-state index in [-0.39, 0.29) is 29.3 Å². The van der Waals surface area contributed by atoms with Crippen molar-refractivity contribution in [2.75, 3.05) is 37.5 Å². The third-order valence-corrected chi connectivity index (χ3v) is 8.77. The largest absolute Gasteiger partial charge is 0.479 e. The monoisotopic (exact) mass is 669 g/mol. The molecule has 0 amide bonds. The van der Waals surface area contributed by atoms with Crippen LogP contribution < -0.4 is 21.5 Å². The van der Waals surface area contributed by atoms with Crippen LogP contribution in [0.1, 0.15) is 35.5 Å². The van der Waals surface area contributed by atoms with Crippen molar-refractivity contribution in [3.05, 3.63) is 106 Å². The summed E-state index contributed by atoms with van der Waals surface area (Å²) in [4.78, 5) is 34.6. The van der Waals surface area contributed by atoms with Crippen LogP contribution in [0, 0.1) is 6.92 Å². The number of nitrogens with zero attached hydrogens (tertiary/aromatic N) is 6. The third-order valence-electron chi connectivity index (χ3n) is 8.77. The van der Waals surface area contributed by atoms with E-state index < -0.39 is 17.3 Å². The zero-order valence-corrected chi connectivity index (χ0v) is 26.9. The Kier molecular flexibility index (Phi) is 8.63. The minimum atomic E-state index is -4.61. The highest BCUT2D eigenvalue weighted by molar-refractivity contribution is 5.82. The number of rotatable bonds is 8. The molecule has 7 rings (SSSR count). The molecule has 5 aromatic rings. The van der Waals surface area contributed by atoms with Crippen molar-refractivity contribution in [1.29, 1.82) is 0 Å². The van der Waals surface area contributed by atoms with Crippen molar-refractivity contribution in [1.82, 2.24) is 34.7 Å². The lowest BCUT2D eigenvalue weighted by Crippen LogP contribution is -2.36. The number of aryl methyl sites for hydroxylation is 1. The molecule has 0 radical (unpaired) electrons. The molecule has 0 saturated carbocycles. The minimum absolute atomic E-state index is 0.0704. The van der Waals surface area contributed by atoms with E-state index in [0.29, 0.717) is 46.6 Å². The molecule has 5 heterocycles. The van der Waals surface area contributed by atoms with Gasteiger partial charge in [0.15, 0.2) is 12.6 Å². The fraction of sp³-hybridized carbons (Fsp3) is 0.286. The molecule has 3 N–H and O–H groups in total. The Bertz CT molecular complexity index is 2090. The van der Waals surface area contributed by atoms with Crippen molar-refractivity contribution in [3.63, 3.8) is 0 Å². The fourth-order valence-electron chi connectivity index (χ4n) is 6.11. The number of nitrogens with one attached hydrogen (secondary N) is 3. The van der Waals surface area contributed by atoms with Crippen molar-refractivity contribution >= 4 is 34.1 Å². The lowest BCUT2D eigenvalue weighted by atomic mass is 10.0. The topological polar surface area (TPSA) is 122 Å². The van der Waals surface area contributed by atoms with Gasteiger partial charge in [0.25, 0.3) is 5.56 Å². The third kappa shape index (κ3) is 6.90. The molecule has 2 aliphatic heterocycles. The second kappa shape index (κ2) is 13.2. The van der Waals surface area contributed by atoms with E-state index in [2.05, 4.69) is 47.8 Å². The van der Waals surface area contributed by atoms with Crippen LogP contribution in [0.2, 0.25) is 0 Å². The Morgan fingerprint density at radius 1 is 0.980 bits per heavy atom. The van der Waals surface area contributed by atoms with Gasteiger partial charge in [-0.1, -0.05) is 18.2 Å². The van der Waals surface area contributed by atoms with Crippen LogP contribution >= 0.6 is 0 Å². The molecule has 2 aliphatic rings. The van der Waals surface area contributed by atoms with Gasteiger partial charge in [-0.2, -0.15) is 18.2 Å². The van der Waals surface area contributed by atoms with E-state index in [1.54, 1.807) is 19.2 Å². The molecule has 11 nitrogen and oxygen atoms in total. The predicted octanol–water partition coefficient (Wildman–Crippen LogP) is 5.75. The molecular weight excluding hydrogens is 635 g/mol. The molecule has 1 saturated heterocycles. The molecule has 0 unspecified atom stereocenters. The number of likely N-dealkylation sites (tertiary alicyclic amines) is 1. The summed E-state index contributed by atoms with van der Waals surface area (Å²) in [6.07, 6.45) is 2.11. The molecular formula is C35H34F3N9O2. The maximum Gasteiger partial charge on any atom is 0.416 e. The molecule has 0 aliphatic carbocycles. The average Bonchev–Trinajstić information content (AvgIpc) is 3.63. The van der Waals surface area contributed by atoms with E-state index in [4.69, 9.17) is 4.74 Å². The normalized spacial score (nSPS) is 15.5. The summed E-state index contributed by atoms with van der Waals surface area (Å²) in [5.74, 6) is 0.584. The maximum atomic E-state index is 14.2. The van der Waals surface area contributed by atoms with Gasteiger partial charge in [0.2, 0.25) is 5.95 Å². The summed E-state index contributed by atoms with van der Waals surface area (Å²) in [7, 11) is 2.13. The van der Waals surface area contributed by atoms with Crippen molar-refractivity contribution in [2.45, 2.75) is 38.5 Å². The Morgan fingerprint density at radius 3 is 2.45 bits per heavy atom. The summed E-state index contributed by atoms with van der Waals surface area (Å²) in [6, 6.07) is 15.0. The molecule has 0 bridgehead atoms. The summed E-state index contributed by atoms with van der Waals surface area (Å²) in [6.45, 7) is 3.76. The molecule has 3 aromatic heterocycles. The fourth-order valence-corrected chi connectivity index (χ4v) is 6.11. The van der Waals surface area contributed by atoms with Gasteiger partial charge >= 0.3 is 6.18 Å². The Balaban J connectivity index is 1.25. The number of ether oxygens (including phenoxy) is 1. The van der Waals surface area contributed by atoms with E-state index in [1.165, 1.54) is 35.2 Å². The van der Waals surface area contributed by atoms with Crippen LogP contribution in [0.15, 0.2) is 78.0 Å². The highest BCUT2D eigenvalue weighted by Gasteiger charge is 2.33. The number of fused-ring (bicyclic) bond motifs is 1. The number of aromatic nitrogens is 5. The van der Waals surface area contributed by atoms with Gasteiger partial charge in [-0.3, -0.25) is 9.36 Å². The van der Waals surface area contributed by atoms with Gasteiger partial charge in [0, 0.05) is 46.5 Å². The maximum absolute atomic E-state index is 14.2. The first-order chi connectivity index (χ1) is 23.6. The number of hydrogen-bond donors (Lipinski definition) is 3. The van der Waals surface area contributed by atoms with Crippen molar-refractivity contribution in [3.8, 4) is 11.1 Å². The van der Waals surface area contributed by atoms with E-state index in [1.807, 2.05) is 24.3 Å². The first-order valence-electron chi connectivity index (χ1n) is 15.9.